The third-order valence-electron chi connectivity index (χ3n) is 2.58. The molecule has 0 radical (unpaired) electrons. The second-order valence-electron chi connectivity index (χ2n) is 4.03. The molecule has 4 nitrogen and oxygen atoms in total. The highest BCUT2D eigenvalue weighted by molar-refractivity contribution is 7.09. The minimum atomic E-state index is -0.969. The number of thiazole rings is 1. The van der Waals surface area contributed by atoms with Crippen molar-refractivity contribution in [1.82, 2.24) is 4.98 Å². The fourth-order valence-corrected chi connectivity index (χ4v) is 2.52. The lowest BCUT2D eigenvalue weighted by atomic mass is 10.1. The Labute approximate surface area is 120 Å². The van der Waals surface area contributed by atoms with E-state index >= 15 is 0 Å². The maximum Gasteiger partial charge on any atom is 0.337 e. The van der Waals surface area contributed by atoms with Crippen LogP contribution in [0.3, 0.4) is 0 Å². The summed E-state index contributed by atoms with van der Waals surface area (Å²) in [6.07, 6.45) is 0.746. The molecule has 0 saturated carbocycles. The van der Waals surface area contributed by atoms with Gasteiger partial charge in [0.2, 0.25) is 0 Å². The lowest BCUT2D eigenvalue weighted by Gasteiger charge is -2.09. The molecule has 6 heteroatoms. The van der Waals surface area contributed by atoms with Crippen LogP contribution in [0.4, 0.5) is 5.69 Å². The Balaban J connectivity index is 2.02. The van der Waals surface area contributed by atoms with E-state index in [1.165, 1.54) is 6.07 Å². The zero-order valence-corrected chi connectivity index (χ0v) is 11.9. The Morgan fingerprint density at radius 3 is 2.95 bits per heavy atom. The summed E-state index contributed by atoms with van der Waals surface area (Å²) in [6.45, 7) is 2.57. The number of nitrogens with zero attached hydrogens (tertiary/aromatic N) is 1. The van der Waals surface area contributed by atoms with E-state index in [-0.39, 0.29) is 5.56 Å². The van der Waals surface area contributed by atoms with E-state index in [1.54, 1.807) is 23.5 Å². The molecule has 2 aromatic rings. The Morgan fingerprint density at radius 2 is 2.32 bits per heavy atom. The molecule has 0 fully saturated rings. The number of carbonyl (C=O) groups is 1. The number of rotatable bonds is 5. The van der Waals surface area contributed by atoms with Gasteiger partial charge in [-0.25, -0.2) is 9.78 Å². The molecule has 1 heterocycles. The van der Waals surface area contributed by atoms with Gasteiger partial charge < -0.3 is 10.4 Å². The number of aromatic nitrogens is 1. The zero-order valence-electron chi connectivity index (χ0n) is 10.3. The van der Waals surface area contributed by atoms with Crippen molar-refractivity contribution in [3.63, 3.8) is 0 Å². The van der Waals surface area contributed by atoms with E-state index in [0.29, 0.717) is 17.3 Å². The monoisotopic (exact) mass is 296 g/mol. The second-order valence-corrected chi connectivity index (χ2v) is 5.53. The summed E-state index contributed by atoms with van der Waals surface area (Å²) in [4.78, 5) is 15.4. The molecule has 0 amide bonds. The van der Waals surface area contributed by atoms with Gasteiger partial charge in [-0.3, -0.25) is 0 Å². The highest BCUT2D eigenvalue weighted by atomic mass is 35.5. The van der Waals surface area contributed by atoms with Crippen molar-refractivity contribution >= 4 is 34.6 Å². The lowest BCUT2D eigenvalue weighted by Crippen LogP contribution is -2.09. The van der Waals surface area contributed by atoms with E-state index in [9.17, 15) is 4.79 Å². The SMILES string of the molecule is Cc1nc(CCNc2cc(Cl)ccc2C(=O)O)cs1. The summed E-state index contributed by atoms with van der Waals surface area (Å²) in [6, 6.07) is 4.69. The topological polar surface area (TPSA) is 62.2 Å². The minimum absolute atomic E-state index is 0.221. The Hall–Kier alpha value is -1.59. The number of hydrogen-bond donors (Lipinski definition) is 2. The molecule has 0 aliphatic heterocycles. The minimum Gasteiger partial charge on any atom is -0.478 e. The maximum absolute atomic E-state index is 11.1. The number of aryl methyl sites for hydroxylation is 1. The van der Waals surface area contributed by atoms with E-state index in [4.69, 9.17) is 16.7 Å². The average Bonchev–Trinajstić information content (AvgIpc) is 2.75. The molecule has 2 rings (SSSR count). The van der Waals surface area contributed by atoms with Crippen LogP contribution in [-0.4, -0.2) is 22.6 Å². The first-order valence-corrected chi connectivity index (χ1v) is 7.00. The number of anilines is 1. The van der Waals surface area contributed by atoms with E-state index in [2.05, 4.69) is 10.3 Å². The molecule has 0 aliphatic carbocycles. The molecule has 0 spiro atoms. The van der Waals surface area contributed by atoms with Crippen LogP contribution in [0, 0.1) is 6.92 Å². The number of carboxylic acids is 1. The van der Waals surface area contributed by atoms with Crippen molar-refractivity contribution in [2.75, 3.05) is 11.9 Å². The Bertz CT molecular complexity index is 598. The van der Waals surface area contributed by atoms with E-state index in [1.807, 2.05) is 12.3 Å². The predicted octanol–water partition coefficient (Wildman–Crippen LogP) is 3.46. The second kappa shape index (κ2) is 6.04. The van der Waals surface area contributed by atoms with Gasteiger partial charge in [-0.15, -0.1) is 11.3 Å². The average molecular weight is 297 g/mol. The summed E-state index contributed by atoms with van der Waals surface area (Å²) < 4.78 is 0. The fourth-order valence-electron chi connectivity index (χ4n) is 1.70. The van der Waals surface area contributed by atoms with Crippen LogP contribution >= 0.6 is 22.9 Å². The molecule has 0 bridgehead atoms. The third-order valence-corrected chi connectivity index (χ3v) is 3.63. The van der Waals surface area contributed by atoms with Crippen LogP contribution in [0.5, 0.6) is 0 Å². The molecule has 0 saturated heterocycles. The molecule has 0 unspecified atom stereocenters. The molecule has 0 aliphatic rings. The summed E-state index contributed by atoms with van der Waals surface area (Å²) in [5.74, 6) is -0.969. The molecule has 1 aromatic carbocycles. The highest BCUT2D eigenvalue weighted by Crippen LogP contribution is 2.21. The van der Waals surface area contributed by atoms with Gasteiger partial charge in [0.15, 0.2) is 0 Å². The molecule has 1 aromatic heterocycles. The first-order chi connectivity index (χ1) is 9.06. The molecule has 2 N–H and O–H groups in total. The summed E-state index contributed by atoms with van der Waals surface area (Å²) in [5, 5.41) is 15.7. The first-order valence-electron chi connectivity index (χ1n) is 5.74. The molecular weight excluding hydrogens is 284 g/mol. The van der Waals surface area contributed by atoms with Crippen molar-refractivity contribution in [1.29, 1.82) is 0 Å². The fraction of sp³-hybridized carbons (Fsp3) is 0.231. The Morgan fingerprint density at radius 1 is 1.53 bits per heavy atom. The Kier molecular flexibility index (Phi) is 4.39. The summed E-state index contributed by atoms with van der Waals surface area (Å²) in [7, 11) is 0. The van der Waals surface area contributed by atoms with Crippen LogP contribution in [0.25, 0.3) is 0 Å². The maximum atomic E-state index is 11.1. The van der Waals surface area contributed by atoms with Gasteiger partial charge in [-0.05, 0) is 25.1 Å². The van der Waals surface area contributed by atoms with Crippen LogP contribution in [0.15, 0.2) is 23.6 Å². The number of nitrogens with one attached hydrogen (secondary N) is 1. The van der Waals surface area contributed by atoms with Crippen LogP contribution < -0.4 is 5.32 Å². The predicted molar refractivity (Wildman–Crippen MR) is 77.5 cm³/mol. The van der Waals surface area contributed by atoms with Gasteiger partial charge in [0.1, 0.15) is 0 Å². The van der Waals surface area contributed by atoms with Crippen molar-refractivity contribution in [2.24, 2.45) is 0 Å². The first kappa shape index (κ1) is 13.8. The van der Waals surface area contributed by atoms with Crippen molar-refractivity contribution < 1.29 is 9.90 Å². The van der Waals surface area contributed by atoms with Gasteiger partial charge >= 0.3 is 5.97 Å². The van der Waals surface area contributed by atoms with Crippen molar-refractivity contribution in [3.05, 3.63) is 44.9 Å². The molecule has 100 valence electrons. The van der Waals surface area contributed by atoms with Crippen LogP contribution in [-0.2, 0) is 6.42 Å². The van der Waals surface area contributed by atoms with Gasteiger partial charge in [0.05, 0.1) is 22.0 Å². The zero-order chi connectivity index (χ0) is 13.8. The van der Waals surface area contributed by atoms with E-state index in [0.717, 1.165) is 17.1 Å². The summed E-state index contributed by atoms with van der Waals surface area (Å²) in [5.41, 5.74) is 1.76. The number of hydrogen-bond acceptors (Lipinski definition) is 4. The lowest BCUT2D eigenvalue weighted by molar-refractivity contribution is 0.0698. The van der Waals surface area contributed by atoms with Gasteiger partial charge in [-0.1, -0.05) is 11.6 Å². The van der Waals surface area contributed by atoms with Crippen LogP contribution in [0.1, 0.15) is 21.1 Å². The van der Waals surface area contributed by atoms with Gasteiger partial charge in [0.25, 0.3) is 0 Å². The van der Waals surface area contributed by atoms with Crippen molar-refractivity contribution in [2.45, 2.75) is 13.3 Å². The number of benzene rings is 1. The van der Waals surface area contributed by atoms with Gasteiger partial charge in [0, 0.05) is 23.4 Å². The molecular formula is C13H13ClN2O2S. The standard InChI is InChI=1S/C13H13ClN2O2S/c1-8-16-10(7-19-8)4-5-15-12-6-9(14)2-3-11(12)13(17)18/h2-3,6-7,15H,4-5H2,1H3,(H,17,18). The third kappa shape index (κ3) is 3.68. The van der Waals surface area contributed by atoms with Crippen molar-refractivity contribution in [3.8, 4) is 0 Å². The molecule has 0 atom stereocenters. The van der Waals surface area contributed by atoms with Gasteiger partial charge in [-0.2, -0.15) is 0 Å². The largest absolute Gasteiger partial charge is 0.478 e. The normalized spacial score (nSPS) is 10.4. The molecule has 19 heavy (non-hydrogen) atoms. The van der Waals surface area contributed by atoms with E-state index < -0.39 is 5.97 Å². The summed E-state index contributed by atoms with van der Waals surface area (Å²) >= 11 is 7.48. The number of aromatic carboxylic acids is 1. The number of halogens is 1. The van der Waals surface area contributed by atoms with Crippen LogP contribution in [0.2, 0.25) is 5.02 Å². The number of carboxylic acid groups (broad SMARTS) is 1. The highest BCUT2D eigenvalue weighted by Gasteiger charge is 2.10. The smallest absolute Gasteiger partial charge is 0.337 e. The quantitative estimate of drug-likeness (QED) is 0.887.